The molecular formula is C15H23FN2O2S. The number of rotatable bonds is 4. The average molecular weight is 314 g/mol. The van der Waals surface area contributed by atoms with Gasteiger partial charge in [0.25, 0.3) is 0 Å². The highest BCUT2D eigenvalue weighted by molar-refractivity contribution is 7.89. The predicted molar refractivity (Wildman–Crippen MR) is 80.6 cm³/mol. The van der Waals surface area contributed by atoms with Crippen LogP contribution < -0.4 is 10.5 Å². The van der Waals surface area contributed by atoms with Crippen molar-refractivity contribution in [1.29, 1.82) is 0 Å². The molecule has 0 aliphatic heterocycles. The first-order chi connectivity index (χ1) is 9.76. The van der Waals surface area contributed by atoms with Crippen LogP contribution in [-0.2, 0) is 16.6 Å². The minimum Gasteiger partial charge on any atom is -0.326 e. The Morgan fingerprint density at radius 3 is 2.71 bits per heavy atom. The smallest absolute Gasteiger partial charge is 0.240 e. The highest BCUT2D eigenvalue weighted by Gasteiger charge is 2.35. The van der Waals surface area contributed by atoms with Crippen LogP contribution in [0.5, 0.6) is 0 Å². The van der Waals surface area contributed by atoms with E-state index < -0.39 is 15.8 Å². The average Bonchev–Trinajstić information content (AvgIpc) is 2.41. The molecule has 1 aliphatic rings. The number of hydrogen-bond acceptors (Lipinski definition) is 3. The number of nitrogens with one attached hydrogen (secondary N) is 1. The Balaban J connectivity index is 2.26. The van der Waals surface area contributed by atoms with Crippen molar-refractivity contribution in [2.24, 2.45) is 11.1 Å². The molecule has 1 aromatic carbocycles. The quantitative estimate of drug-likeness (QED) is 0.897. The third-order valence-corrected chi connectivity index (χ3v) is 5.82. The fourth-order valence-corrected chi connectivity index (χ4v) is 4.33. The molecule has 0 bridgehead atoms. The van der Waals surface area contributed by atoms with Gasteiger partial charge in [-0.05, 0) is 36.5 Å². The second-order valence-corrected chi connectivity index (χ2v) is 8.08. The van der Waals surface area contributed by atoms with Gasteiger partial charge < -0.3 is 5.73 Å². The van der Waals surface area contributed by atoms with Gasteiger partial charge in [0.05, 0.1) is 4.90 Å². The highest BCUT2D eigenvalue weighted by atomic mass is 32.2. The SMILES string of the molecule is CC1(C)CCCCC1NS(=O)(=O)c1ccc(F)c(CN)c1. The maximum Gasteiger partial charge on any atom is 0.240 e. The molecule has 0 spiro atoms. The van der Waals surface area contributed by atoms with E-state index in [4.69, 9.17) is 5.73 Å². The van der Waals surface area contributed by atoms with Crippen molar-refractivity contribution in [3.63, 3.8) is 0 Å². The predicted octanol–water partition coefficient (Wildman–Crippen LogP) is 2.53. The van der Waals surface area contributed by atoms with Gasteiger partial charge in [0.2, 0.25) is 10.0 Å². The minimum atomic E-state index is -3.65. The van der Waals surface area contributed by atoms with Crippen LogP contribution in [0, 0.1) is 11.2 Å². The zero-order chi connectivity index (χ0) is 15.7. The normalized spacial score (nSPS) is 22.2. The first-order valence-corrected chi connectivity index (χ1v) is 8.75. The summed E-state index contributed by atoms with van der Waals surface area (Å²) in [5, 5.41) is 0. The van der Waals surface area contributed by atoms with Crippen molar-refractivity contribution in [2.75, 3.05) is 0 Å². The summed E-state index contributed by atoms with van der Waals surface area (Å²) < 4.78 is 41.2. The Bertz CT molecular complexity index is 614. The molecule has 6 heteroatoms. The van der Waals surface area contributed by atoms with Crippen LogP contribution in [0.1, 0.15) is 45.1 Å². The maximum atomic E-state index is 13.4. The van der Waals surface area contributed by atoms with Crippen molar-refractivity contribution in [3.8, 4) is 0 Å². The summed E-state index contributed by atoms with van der Waals surface area (Å²) in [6.45, 7) is 4.13. The zero-order valence-electron chi connectivity index (χ0n) is 12.5. The fraction of sp³-hybridized carbons (Fsp3) is 0.600. The molecule has 1 aliphatic carbocycles. The maximum absolute atomic E-state index is 13.4. The van der Waals surface area contributed by atoms with Gasteiger partial charge in [-0.2, -0.15) is 0 Å². The van der Waals surface area contributed by atoms with Crippen molar-refractivity contribution in [2.45, 2.75) is 57.0 Å². The Labute approximate surface area is 126 Å². The number of nitrogens with two attached hydrogens (primary N) is 1. The van der Waals surface area contributed by atoms with Gasteiger partial charge in [-0.3, -0.25) is 0 Å². The van der Waals surface area contributed by atoms with Crippen LogP contribution in [-0.4, -0.2) is 14.5 Å². The fourth-order valence-electron chi connectivity index (χ4n) is 2.84. The molecule has 21 heavy (non-hydrogen) atoms. The van der Waals surface area contributed by atoms with Crippen molar-refractivity contribution in [3.05, 3.63) is 29.6 Å². The zero-order valence-corrected chi connectivity index (χ0v) is 13.3. The van der Waals surface area contributed by atoms with Gasteiger partial charge in [0.1, 0.15) is 5.82 Å². The molecule has 1 atom stereocenters. The van der Waals surface area contributed by atoms with Gasteiger partial charge >= 0.3 is 0 Å². The number of hydrogen-bond donors (Lipinski definition) is 2. The summed E-state index contributed by atoms with van der Waals surface area (Å²) in [4.78, 5) is 0.0747. The Morgan fingerprint density at radius 2 is 2.10 bits per heavy atom. The summed E-state index contributed by atoms with van der Waals surface area (Å²) >= 11 is 0. The van der Waals surface area contributed by atoms with Gasteiger partial charge in [0, 0.05) is 18.2 Å². The van der Waals surface area contributed by atoms with Crippen molar-refractivity contribution in [1.82, 2.24) is 4.72 Å². The molecule has 1 saturated carbocycles. The Kier molecular flexibility index (Phi) is 4.70. The number of benzene rings is 1. The van der Waals surface area contributed by atoms with E-state index >= 15 is 0 Å². The Morgan fingerprint density at radius 1 is 1.38 bits per heavy atom. The standard InChI is InChI=1S/C15H23FN2O2S/c1-15(2)8-4-3-5-14(15)18-21(19,20)12-6-7-13(16)11(9-12)10-17/h6-7,9,14,18H,3-5,8,10,17H2,1-2H3. The van der Waals surface area contributed by atoms with Gasteiger partial charge in [0.15, 0.2) is 0 Å². The van der Waals surface area contributed by atoms with E-state index in [1.54, 1.807) is 0 Å². The van der Waals surface area contributed by atoms with Crippen LogP contribution in [0.25, 0.3) is 0 Å². The van der Waals surface area contributed by atoms with Gasteiger partial charge in [-0.1, -0.05) is 26.7 Å². The lowest BCUT2D eigenvalue weighted by Crippen LogP contribution is -2.46. The van der Waals surface area contributed by atoms with E-state index in [1.165, 1.54) is 12.1 Å². The van der Waals surface area contributed by atoms with Crippen LogP contribution >= 0.6 is 0 Å². The van der Waals surface area contributed by atoms with Gasteiger partial charge in [-0.25, -0.2) is 17.5 Å². The first kappa shape index (κ1) is 16.4. The minimum absolute atomic E-state index is 0.0237. The van der Waals surface area contributed by atoms with Crippen LogP contribution in [0.4, 0.5) is 4.39 Å². The molecule has 0 aromatic heterocycles. The molecule has 0 saturated heterocycles. The Hall–Kier alpha value is -0.980. The van der Waals surface area contributed by atoms with E-state index in [1.807, 2.05) is 0 Å². The molecule has 4 nitrogen and oxygen atoms in total. The molecular weight excluding hydrogens is 291 g/mol. The van der Waals surface area contributed by atoms with E-state index in [0.29, 0.717) is 0 Å². The molecule has 0 radical (unpaired) electrons. The van der Waals surface area contributed by atoms with E-state index in [0.717, 1.165) is 31.7 Å². The molecule has 118 valence electrons. The first-order valence-electron chi connectivity index (χ1n) is 7.27. The molecule has 2 rings (SSSR count). The van der Waals surface area contributed by atoms with Crippen LogP contribution in [0.2, 0.25) is 0 Å². The second-order valence-electron chi connectivity index (χ2n) is 6.37. The topological polar surface area (TPSA) is 72.2 Å². The lowest BCUT2D eigenvalue weighted by Gasteiger charge is -2.38. The lowest BCUT2D eigenvalue weighted by atomic mass is 9.74. The molecule has 3 N–H and O–H groups in total. The third-order valence-electron chi connectivity index (χ3n) is 4.35. The van der Waals surface area contributed by atoms with Crippen LogP contribution in [0.15, 0.2) is 23.1 Å². The third kappa shape index (κ3) is 3.62. The number of halogens is 1. The van der Waals surface area contributed by atoms with Crippen molar-refractivity contribution >= 4 is 10.0 Å². The van der Waals surface area contributed by atoms with E-state index in [2.05, 4.69) is 18.6 Å². The summed E-state index contributed by atoms with van der Waals surface area (Å²) in [7, 11) is -3.65. The summed E-state index contributed by atoms with van der Waals surface area (Å²) in [5.41, 5.74) is 5.58. The molecule has 0 heterocycles. The molecule has 0 amide bonds. The lowest BCUT2D eigenvalue weighted by molar-refractivity contribution is 0.188. The second kappa shape index (κ2) is 6.02. The van der Waals surface area contributed by atoms with Crippen LogP contribution in [0.3, 0.4) is 0 Å². The van der Waals surface area contributed by atoms with Gasteiger partial charge in [-0.15, -0.1) is 0 Å². The summed E-state index contributed by atoms with van der Waals surface area (Å²) in [6, 6.07) is 3.66. The monoisotopic (exact) mass is 314 g/mol. The summed E-state index contributed by atoms with van der Waals surface area (Å²) in [5.74, 6) is -0.477. The molecule has 1 fully saturated rings. The largest absolute Gasteiger partial charge is 0.326 e. The number of sulfonamides is 1. The highest BCUT2D eigenvalue weighted by Crippen LogP contribution is 2.36. The molecule has 1 aromatic rings. The van der Waals surface area contributed by atoms with E-state index in [9.17, 15) is 12.8 Å². The molecule has 1 unspecified atom stereocenters. The summed E-state index contributed by atoms with van der Waals surface area (Å²) in [6.07, 6.45) is 3.97. The van der Waals surface area contributed by atoms with Crippen molar-refractivity contribution < 1.29 is 12.8 Å². The van der Waals surface area contributed by atoms with E-state index in [-0.39, 0.29) is 28.5 Å².